The second-order valence-electron chi connectivity index (χ2n) is 5.06. The maximum absolute atomic E-state index is 9.35. The first-order valence-corrected chi connectivity index (χ1v) is 6.84. The Morgan fingerprint density at radius 2 is 1.95 bits per heavy atom. The quantitative estimate of drug-likeness (QED) is 0.828. The van der Waals surface area contributed by atoms with Crippen molar-refractivity contribution in [1.82, 2.24) is 5.32 Å². The fourth-order valence-electron chi connectivity index (χ4n) is 2.53. The van der Waals surface area contributed by atoms with Gasteiger partial charge < -0.3 is 19.9 Å². The Morgan fingerprint density at radius 3 is 2.47 bits per heavy atom. The molecule has 1 saturated carbocycles. The number of aliphatic hydroxyl groups excluding tert-OH is 1. The van der Waals surface area contributed by atoms with E-state index in [0.717, 1.165) is 30.8 Å². The van der Waals surface area contributed by atoms with Crippen LogP contribution in [0.15, 0.2) is 18.2 Å². The highest BCUT2D eigenvalue weighted by Crippen LogP contribution is 2.32. The summed E-state index contributed by atoms with van der Waals surface area (Å²) in [6.07, 6.45) is 2.58. The lowest BCUT2D eigenvalue weighted by atomic mass is 9.88. The van der Waals surface area contributed by atoms with E-state index >= 15 is 0 Å². The average molecular weight is 265 g/mol. The second-order valence-corrected chi connectivity index (χ2v) is 5.06. The lowest BCUT2D eigenvalue weighted by molar-refractivity contribution is 0.0573. The summed E-state index contributed by atoms with van der Waals surface area (Å²) >= 11 is 0. The molecule has 0 amide bonds. The Bertz CT molecular complexity index is 416. The highest BCUT2D eigenvalue weighted by Gasteiger charge is 2.29. The van der Waals surface area contributed by atoms with E-state index in [-0.39, 0.29) is 12.1 Å². The monoisotopic (exact) mass is 265 g/mol. The van der Waals surface area contributed by atoms with Crippen LogP contribution in [-0.2, 0) is 0 Å². The second kappa shape index (κ2) is 6.26. The van der Waals surface area contributed by atoms with E-state index < -0.39 is 0 Å². The SMILES string of the molecule is CCC(NC1CC(O)C1)c1ccc(OC)c(OC)c1. The van der Waals surface area contributed by atoms with Gasteiger partial charge in [-0.1, -0.05) is 13.0 Å². The largest absolute Gasteiger partial charge is 0.493 e. The molecule has 0 radical (unpaired) electrons. The van der Waals surface area contributed by atoms with Crippen molar-refractivity contribution in [3.8, 4) is 11.5 Å². The van der Waals surface area contributed by atoms with Crippen LogP contribution >= 0.6 is 0 Å². The predicted octanol–water partition coefficient (Wildman–Crippen LogP) is 2.27. The molecule has 1 unspecified atom stereocenters. The van der Waals surface area contributed by atoms with Gasteiger partial charge in [0.1, 0.15) is 0 Å². The third-order valence-corrected chi connectivity index (χ3v) is 3.77. The molecule has 1 aliphatic rings. The van der Waals surface area contributed by atoms with Crippen molar-refractivity contribution < 1.29 is 14.6 Å². The molecule has 1 aliphatic carbocycles. The summed E-state index contributed by atoms with van der Waals surface area (Å²) in [6, 6.07) is 6.74. The van der Waals surface area contributed by atoms with Gasteiger partial charge in [-0.2, -0.15) is 0 Å². The van der Waals surface area contributed by atoms with Gasteiger partial charge in [0.25, 0.3) is 0 Å². The maximum Gasteiger partial charge on any atom is 0.161 e. The van der Waals surface area contributed by atoms with Crippen molar-refractivity contribution in [2.24, 2.45) is 0 Å². The first-order valence-electron chi connectivity index (χ1n) is 6.84. The van der Waals surface area contributed by atoms with Crippen molar-refractivity contribution in [3.05, 3.63) is 23.8 Å². The van der Waals surface area contributed by atoms with Gasteiger partial charge in [-0.25, -0.2) is 0 Å². The van der Waals surface area contributed by atoms with Gasteiger partial charge in [0.2, 0.25) is 0 Å². The molecule has 0 aromatic heterocycles. The summed E-state index contributed by atoms with van der Waals surface area (Å²) in [5.41, 5.74) is 1.20. The molecule has 1 aromatic carbocycles. The smallest absolute Gasteiger partial charge is 0.161 e. The van der Waals surface area contributed by atoms with Crippen LogP contribution in [0, 0.1) is 0 Å². The summed E-state index contributed by atoms with van der Waals surface area (Å²) < 4.78 is 10.6. The zero-order valence-corrected chi connectivity index (χ0v) is 11.8. The lowest BCUT2D eigenvalue weighted by Crippen LogP contribution is -2.45. The van der Waals surface area contributed by atoms with Crippen LogP contribution in [0.1, 0.15) is 37.8 Å². The van der Waals surface area contributed by atoms with Crippen molar-refractivity contribution in [2.45, 2.75) is 44.4 Å². The molecule has 4 nitrogen and oxygen atoms in total. The Morgan fingerprint density at radius 1 is 1.26 bits per heavy atom. The number of ether oxygens (including phenoxy) is 2. The molecular formula is C15H23NO3. The molecular weight excluding hydrogens is 242 g/mol. The zero-order valence-electron chi connectivity index (χ0n) is 11.8. The molecule has 0 heterocycles. The number of nitrogens with one attached hydrogen (secondary N) is 1. The standard InChI is InChI=1S/C15H23NO3/c1-4-13(16-11-8-12(17)9-11)10-5-6-14(18-2)15(7-10)19-3/h5-7,11-13,16-17H,4,8-9H2,1-3H3. The predicted molar refractivity (Wildman–Crippen MR) is 74.7 cm³/mol. The number of benzene rings is 1. The van der Waals surface area contributed by atoms with Crippen LogP contribution < -0.4 is 14.8 Å². The Balaban J connectivity index is 2.09. The van der Waals surface area contributed by atoms with Crippen LogP contribution in [0.2, 0.25) is 0 Å². The van der Waals surface area contributed by atoms with E-state index in [1.54, 1.807) is 14.2 Å². The average Bonchev–Trinajstić information content (AvgIpc) is 2.41. The molecule has 106 valence electrons. The normalized spacial score (nSPS) is 23.6. The minimum absolute atomic E-state index is 0.125. The number of aliphatic hydroxyl groups is 1. The fourth-order valence-corrected chi connectivity index (χ4v) is 2.53. The third-order valence-electron chi connectivity index (χ3n) is 3.77. The van der Waals surface area contributed by atoms with E-state index in [4.69, 9.17) is 9.47 Å². The van der Waals surface area contributed by atoms with Crippen LogP contribution in [-0.4, -0.2) is 31.5 Å². The lowest BCUT2D eigenvalue weighted by Gasteiger charge is -2.35. The summed E-state index contributed by atoms with van der Waals surface area (Å²) in [7, 11) is 3.29. The van der Waals surface area contributed by atoms with E-state index in [2.05, 4.69) is 18.3 Å². The van der Waals surface area contributed by atoms with Crippen LogP contribution in [0.25, 0.3) is 0 Å². The van der Waals surface area contributed by atoms with E-state index in [9.17, 15) is 5.11 Å². The Kier molecular flexibility index (Phi) is 4.66. The number of hydrogen-bond donors (Lipinski definition) is 2. The molecule has 0 bridgehead atoms. The van der Waals surface area contributed by atoms with Gasteiger partial charge in [-0.3, -0.25) is 0 Å². The first kappa shape index (κ1) is 14.2. The molecule has 2 N–H and O–H groups in total. The first-order chi connectivity index (χ1) is 9.17. The summed E-state index contributed by atoms with van der Waals surface area (Å²) in [6.45, 7) is 2.16. The molecule has 2 rings (SSSR count). The van der Waals surface area contributed by atoms with Crippen molar-refractivity contribution in [2.75, 3.05) is 14.2 Å². The van der Waals surface area contributed by atoms with Gasteiger partial charge >= 0.3 is 0 Å². The molecule has 1 fully saturated rings. The van der Waals surface area contributed by atoms with Crippen molar-refractivity contribution >= 4 is 0 Å². The molecule has 1 atom stereocenters. The minimum Gasteiger partial charge on any atom is -0.493 e. The van der Waals surface area contributed by atoms with Crippen LogP contribution in [0.4, 0.5) is 0 Å². The molecule has 1 aromatic rings. The Hall–Kier alpha value is -1.26. The van der Waals surface area contributed by atoms with Gasteiger partial charge in [-0.15, -0.1) is 0 Å². The van der Waals surface area contributed by atoms with E-state index in [1.165, 1.54) is 5.56 Å². The molecule has 0 saturated heterocycles. The van der Waals surface area contributed by atoms with E-state index in [0.29, 0.717) is 6.04 Å². The third kappa shape index (κ3) is 3.19. The highest BCUT2D eigenvalue weighted by molar-refractivity contribution is 5.43. The van der Waals surface area contributed by atoms with Crippen LogP contribution in [0.5, 0.6) is 11.5 Å². The zero-order chi connectivity index (χ0) is 13.8. The van der Waals surface area contributed by atoms with Gasteiger partial charge in [-0.05, 0) is 37.0 Å². The van der Waals surface area contributed by atoms with Gasteiger partial charge in [0.05, 0.1) is 20.3 Å². The Labute approximate surface area is 114 Å². The minimum atomic E-state index is -0.125. The summed E-state index contributed by atoms with van der Waals surface area (Å²) in [5.74, 6) is 1.51. The highest BCUT2D eigenvalue weighted by atomic mass is 16.5. The van der Waals surface area contributed by atoms with Crippen molar-refractivity contribution in [3.63, 3.8) is 0 Å². The topological polar surface area (TPSA) is 50.7 Å². The molecule has 0 aliphatic heterocycles. The van der Waals surface area contributed by atoms with Gasteiger partial charge in [0.15, 0.2) is 11.5 Å². The maximum atomic E-state index is 9.35. The van der Waals surface area contributed by atoms with Gasteiger partial charge in [0, 0.05) is 12.1 Å². The summed E-state index contributed by atoms with van der Waals surface area (Å²) in [4.78, 5) is 0. The molecule has 0 spiro atoms. The number of methoxy groups -OCH3 is 2. The number of rotatable bonds is 6. The summed E-state index contributed by atoms with van der Waals surface area (Å²) in [5, 5.41) is 12.9. The van der Waals surface area contributed by atoms with Crippen LogP contribution in [0.3, 0.4) is 0 Å². The molecule has 19 heavy (non-hydrogen) atoms. The fraction of sp³-hybridized carbons (Fsp3) is 0.600. The molecule has 4 heteroatoms. The van der Waals surface area contributed by atoms with E-state index in [1.807, 2.05) is 12.1 Å². The van der Waals surface area contributed by atoms with Crippen molar-refractivity contribution in [1.29, 1.82) is 0 Å². The number of hydrogen-bond acceptors (Lipinski definition) is 4.